The van der Waals surface area contributed by atoms with E-state index in [0.29, 0.717) is 22.3 Å². The van der Waals surface area contributed by atoms with E-state index in [0.717, 1.165) is 9.79 Å². The van der Waals surface area contributed by atoms with Crippen molar-refractivity contribution in [2.24, 2.45) is 0 Å². The number of hydrogen-bond acceptors (Lipinski definition) is 5. The van der Waals surface area contributed by atoms with Crippen LogP contribution in [0.5, 0.6) is 0 Å². The molecule has 2 aliphatic rings. The molecule has 0 saturated carbocycles. The molecule has 1 fully saturated rings. The zero-order chi connectivity index (χ0) is 16.7. The summed E-state index contributed by atoms with van der Waals surface area (Å²) in [5.41, 5.74) is 0.199. The number of carbonyl (C=O) groups excluding carboxylic acids is 2. The lowest BCUT2D eigenvalue weighted by Crippen LogP contribution is -2.56. The second-order valence-electron chi connectivity index (χ2n) is 4.84. The molecule has 2 heterocycles. The van der Waals surface area contributed by atoms with Crippen molar-refractivity contribution in [3.05, 3.63) is 33.0 Å². The molecular weight excluding hydrogens is 372 g/mol. The molecule has 0 N–H and O–H groups in total. The molecule has 2 amide bonds. The maximum atomic E-state index is 12.7. The highest BCUT2D eigenvalue weighted by Gasteiger charge is 2.41. The van der Waals surface area contributed by atoms with Crippen molar-refractivity contribution in [1.82, 2.24) is 9.80 Å². The molecule has 0 atom stereocenters. The molecule has 0 unspecified atom stereocenters. The smallest absolute Gasteiger partial charge is 0.267 e. The Labute approximate surface area is 153 Å². The molecule has 1 aromatic carbocycles. The Morgan fingerprint density at radius 1 is 1.04 bits per heavy atom. The zero-order valence-electron chi connectivity index (χ0n) is 12.5. The number of fused-ring (bicyclic) bond motifs is 1. The number of amides is 2. The minimum absolute atomic E-state index is 0.199. The fourth-order valence-corrected chi connectivity index (χ4v) is 5.60. The Kier molecular flexibility index (Phi) is 4.73. The van der Waals surface area contributed by atoms with E-state index in [-0.39, 0.29) is 22.5 Å². The van der Waals surface area contributed by atoms with Crippen molar-refractivity contribution in [3.63, 3.8) is 0 Å². The standard InChI is InChI=1S/C15H13ClN2O2S3/c1-3-17-12(19)11(13(20)18(4-2)15(17)21)14-22-9-6-5-8(16)7-10(9)23-14/h5-7H,3-4H2,1-2H3. The quantitative estimate of drug-likeness (QED) is 0.441. The third-order valence-corrected chi connectivity index (χ3v) is 6.75. The van der Waals surface area contributed by atoms with Crippen molar-refractivity contribution in [1.29, 1.82) is 0 Å². The molecule has 0 bridgehead atoms. The van der Waals surface area contributed by atoms with Crippen LogP contribution < -0.4 is 0 Å². The van der Waals surface area contributed by atoms with E-state index >= 15 is 0 Å². The number of rotatable bonds is 2. The van der Waals surface area contributed by atoms with E-state index < -0.39 is 0 Å². The summed E-state index contributed by atoms with van der Waals surface area (Å²) in [6.45, 7) is 4.57. The van der Waals surface area contributed by atoms with Crippen LogP contribution in [0.4, 0.5) is 0 Å². The van der Waals surface area contributed by atoms with Gasteiger partial charge in [0.15, 0.2) is 5.11 Å². The van der Waals surface area contributed by atoms with Crippen LogP contribution in [-0.2, 0) is 9.59 Å². The molecule has 120 valence electrons. The van der Waals surface area contributed by atoms with Crippen LogP contribution in [0.3, 0.4) is 0 Å². The maximum absolute atomic E-state index is 12.7. The Morgan fingerprint density at radius 2 is 1.61 bits per heavy atom. The van der Waals surface area contributed by atoms with Gasteiger partial charge in [-0.1, -0.05) is 35.1 Å². The lowest BCUT2D eigenvalue weighted by Gasteiger charge is -2.35. The van der Waals surface area contributed by atoms with Gasteiger partial charge in [-0.15, -0.1) is 0 Å². The summed E-state index contributed by atoms with van der Waals surface area (Å²) in [5.74, 6) is -0.637. The van der Waals surface area contributed by atoms with E-state index in [4.69, 9.17) is 23.8 Å². The van der Waals surface area contributed by atoms with Crippen molar-refractivity contribution in [2.75, 3.05) is 13.1 Å². The monoisotopic (exact) mass is 384 g/mol. The van der Waals surface area contributed by atoms with Crippen molar-refractivity contribution < 1.29 is 9.59 Å². The minimum Gasteiger partial charge on any atom is -0.285 e. The lowest BCUT2D eigenvalue weighted by atomic mass is 10.2. The summed E-state index contributed by atoms with van der Waals surface area (Å²) in [4.78, 5) is 30.4. The predicted molar refractivity (Wildman–Crippen MR) is 97.6 cm³/mol. The SMILES string of the molecule is CCN1C(=O)C(=C2Sc3ccc(Cl)cc3S2)C(=O)N(CC)C1=S. The molecule has 2 aliphatic heterocycles. The summed E-state index contributed by atoms with van der Waals surface area (Å²) in [6.07, 6.45) is 0. The second kappa shape index (κ2) is 6.47. The van der Waals surface area contributed by atoms with Gasteiger partial charge >= 0.3 is 0 Å². The van der Waals surface area contributed by atoms with Gasteiger partial charge in [0.05, 0.1) is 4.24 Å². The van der Waals surface area contributed by atoms with Gasteiger partial charge in [0, 0.05) is 27.9 Å². The van der Waals surface area contributed by atoms with Crippen LogP contribution in [0.25, 0.3) is 0 Å². The first-order valence-corrected chi connectivity index (χ1v) is 9.47. The average Bonchev–Trinajstić information content (AvgIpc) is 2.90. The Bertz CT molecular complexity index is 735. The molecule has 1 saturated heterocycles. The number of hydrogen-bond donors (Lipinski definition) is 0. The third-order valence-electron chi connectivity index (χ3n) is 3.53. The third kappa shape index (κ3) is 2.80. The van der Waals surface area contributed by atoms with Crippen LogP contribution >= 0.6 is 47.3 Å². The maximum Gasteiger partial charge on any atom is 0.267 e. The van der Waals surface area contributed by atoms with Crippen molar-refractivity contribution in [2.45, 2.75) is 23.6 Å². The summed E-state index contributed by atoms with van der Waals surface area (Å²) >= 11 is 14.1. The molecule has 1 aromatic rings. The number of nitrogens with zero attached hydrogens (tertiary/aromatic N) is 2. The first-order chi connectivity index (χ1) is 11.0. The number of thioether (sulfide) groups is 2. The molecule has 0 radical (unpaired) electrons. The summed E-state index contributed by atoms with van der Waals surface area (Å²) < 4.78 is 0.691. The largest absolute Gasteiger partial charge is 0.285 e. The number of thiocarbonyl (C=S) groups is 1. The van der Waals surface area contributed by atoms with Crippen molar-refractivity contribution >= 4 is 64.3 Å². The van der Waals surface area contributed by atoms with E-state index in [2.05, 4.69) is 0 Å². The minimum atomic E-state index is -0.318. The van der Waals surface area contributed by atoms with Gasteiger partial charge in [0.25, 0.3) is 11.8 Å². The fraction of sp³-hybridized carbons (Fsp3) is 0.267. The van der Waals surface area contributed by atoms with Gasteiger partial charge in [-0.05, 0) is 44.3 Å². The zero-order valence-corrected chi connectivity index (χ0v) is 15.7. The average molecular weight is 385 g/mol. The van der Waals surface area contributed by atoms with Crippen LogP contribution in [0.1, 0.15) is 13.8 Å². The number of benzene rings is 1. The molecule has 4 nitrogen and oxygen atoms in total. The highest BCUT2D eigenvalue weighted by atomic mass is 35.5. The second-order valence-corrected chi connectivity index (χ2v) is 8.00. The molecule has 0 aromatic heterocycles. The molecule has 0 spiro atoms. The Balaban J connectivity index is 2.06. The normalized spacial score (nSPS) is 18.1. The van der Waals surface area contributed by atoms with Gasteiger partial charge in [0.1, 0.15) is 5.57 Å². The Hall–Kier alpha value is -1.02. The molecular formula is C15H13ClN2O2S3. The number of likely N-dealkylation sites (N-methyl/N-ethyl adjacent to an activating group) is 2. The highest BCUT2D eigenvalue weighted by molar-refractivity contribution is 8.24. The van der Waals surface area contributed by atoms with Crippen LogP contribution in [-0.4, -0.2) is 39.8 Å². The topological polar surface area (TPSA) is 40.6 Å². The van der Waals surface area contributed by atoms with Crippen LogP contribution in [0, 0.1) is 0 Å². The van der Waals surface area contributed by atoms with Gasteiger partial charge in [0.2, 0.25) is 0 Å². The fourth-order valence-electron chi connectivity index (χ4n) is 2.38. The van der Waals surface area contributed by atoms with Gasteiger partial charge in [-0.2, -0.15) is 0 Å². The van der Waals surface area contributed by atoms with Gasteiger partial charge in [-0.25, -0.2) is 0 Å². The molecule has 8 heteroatoms. The van der Waals surface area contributed by atoms with E-state index in [1.807, 2.05) is 26.0 Å². The molecule has 3 rings (SSSR count). The summed E-state index contributed by atoms with van der Waals surface area (Å²) in [6, 6.07) is 5.55. The van der Waals surface area contributed by atoms with Gasteiger partial charge in [-0.3, -0.25) is 19.4 Å². The molecule has 0 aliphatic carbocycles. The van der Waals surface area contributed by atoms with Crippen LogP contribution in [0.15, 0.2) is 37.8 Å². The predicted octanol–water partition coefficient (Wildman–Crippen LogP) is 3.74. The molecule has 23 heavy (non-hydrogen) atoms. The first-order valence-electron chi connectivity index (χ1n) is 7.05. The Morgan fingerprint density at radius 3 is 2.17 bits per heavy atom. The first kappa shape index (κ1) is 16.8. The number of carbonyl (C=O) groups is 2. The van der Waals surface area contributed by atoms with E-state index in [1.165, 1.54) is 33.3 Å². The van der Waals surface area contributed by atoms with E-state index in [9.17, 15) is 9.59 Å². The summed E-state index contributed by atoms with van der Waals surface area (Å²) in [5, 5.41) is 0.916. The lowest BCUT2D eigenvalue weighted by molar-refractivity contribution is -0.133. The number of halogens is 1. The van der Waals surface area contributed by atoms with Crippen molar-refractivity contribution in [3.8, 4) is 0 Å². The van der Waals surface area contributed by atoms with E-state index in [1.54, 1.807) is 6.07 Å². The highest BCUT2D eigenvalue weighted by Crippen LogP contribution is 2.53. The summed E-state index contributed by atoms with van der Waals surface area (Å²) in [7, 11) is 0. The van der Waals surface area contributed by atoms with Gasteiger partial charge < -0.3 is 0 Å². The van der Waals surface area contributed by atoms with Crippen LogP contribution in [0.2, 0.25) is 5.02 Å².